The monoisotopic (exact) mass is 303 g/mol. The predicted molar refractivity (Wildman–Crippen MR) is 96.3 cm³/mol. The molecule has 124 valence electrons. The van der Waals surface area contributed by atoms with Crippen molar-refractivity contribution in [3.05, 3.63) is 29.8 Å². The number of aryl methyl sites for hydroxylation is 1. The molecule has 1 rings (SSSR count). The first kappa shape index (κ1) is 18.7. The van der Waals surface area contributed by atoms with Crippen LogP contribution >= 0.6 is 0 Å². The minimum Gasteiger partial charge on any atom is -0.309 e. The normalized spacial score (nSPS) is 12.7. The van der Waals surface area contributed by atoms with Crippen molar-refractivity contribution in [2.24, 2.45) is 11.8 Å². The summed E-state index contributed by atoms with van der Waals surface area (Å²) in [7, 11) is 0. The Labute approximate surface area is 136 Å². The fourth-order valence-electron chi connectivity index (χ4n) is 2.87. The molecule has 1 amide bonds. The van der Waals surface area contributed by atoms with Crippen LogP contribution in [0.3, 0.4) is 0 Å². The zero-order valence-corrected chi connectivity index (χ0v) is 15.2. The number of benzene rings is 1. The molecular formula is C20H33NO. The molecule has 0 N–H and O–H groups in total. The number of carbonyl (C=O) groups is 1. The Morgan fingerprint density at radius 1 is 1.09 bits per heavy atom. The van der Waals surface area contributed by atoms with Gasteiger partial charge in [-0.3, -0.25) is 4.79 Å². The molecular weight excluding hydrogens is 270 g/mol. The van der Waals surface area contributed by atoms with Crippen molar-refractivity contribution in [1.82, 2.24) is 0 Å². The van der Waals surface area contributed by atoms with Gasteiger partial charge in [0.1, 0.15) is 0 Å². The van der Waals surface area contributed by atoms with E-state index in [2.05, 4.69) is 70.7 Å². The van der Waals surface area contributed by atoms with Crippen molar-refractivity contribution in [3.8, 4) is 0 Å². The van der Waals surface area contributed by atoms with Crippen LogP contribution in [0.4, 0.5) is 5.69 Å². The smallest absolute Gasteiger partial charge is 0.230 e. The summed E-state index contributed by atoms with van der Waals surface area (Å²) in [5, 5.41) is 0. The maximum Gasteiger partial charge on any atom is 0.230 e. The van der Waals surface area contributed by atoms with Gasteiger partial charge in [0.15, 0.2) is 0 Å². The summed E-state index contributed by atoms with van der Waals surface area (Å²) in [6.45, 7) is 12.8. The highest BCUT2D eigenvalue weighted by Gasteiger charge is 2.29. The van der Waals surface area contributed by atoms with Gasteiger partial charge in [-0.1, -0.05) is 59.6 Å². The van der Waals surface area contributed by atoms with Crippen LogP contribution in [-0.2, 0) is 4.79 Å². The number of hydrogen-bond acceptors (Lipinski definition) is 1. The van der Waals surface area contributed by atoms with E-state index in [1.165, 1.54) is 5.56 Å². The highest BCUT2D eigenvalue weighted by Crippen LogP contribution is 2.27. The molecule has 2 heteroatoms. The van der Waals surface area contributed by atoms with Gasteiger partial charge in [0.05, 0.1) is 0 Å². The van der Waals surface area contributed by atoms with E-state index in [1.807, 2.05) is 0 Å². The molecule has 22 heavy (non-hydrogen) atoms. The lowest BCUT2D eigenvalue weighted by atomic mass is 9.94. The third-order valence-electron chi connectivity index (χ3n) is 4.52. The van der Waals surface area contributed by atoms with Crippen molar-refractivity contribution < 1.29 is 4.79 Å². The maximum absolute atomic E-state index is 13.1. The van der Waals surface area contributed by atoms with E-state index < -0.39 is 0 Å². The summed E-state index contributed by atoms with van der Waals surface area (Å²) < 4.78 is 0. The van der Waals surface area contributed by atoms with Crippen LogP contribution in [0.15, 0.2) is 24.3 Å². The van der Waals surface area contributed by atoms with E-state index in [4.69, 9.17) is 0 Å². The largest absolute Gasteiger partial charge is 0.309 e. The second-order valence-electron chi connectivity index (χ2n) is 6.81. The molecule has 0 aliphatic carbocycles. The Morgan fingerprint density at radius 3 is 2.14 bits per heavy atom. The summed E-state index contributed by atoms with van der Waals surface area (Å²) in [6, 6.07) is 8.68. The first-order valence-electron chi connectivity index (χ1n) is 8.82. The summed E-state index contributed by atoms with van der Waals surface area (Å²) >= 11 is 0. The minimum absolute atomic E-state index is 0.0525. The minimum atomic E-state index is 0.0525. The first-order valence-corrected chi connectivity index (χ1v) is 8.82. The number of amides is 1. The van der Waals surface area contributed by atoms with Gasteiger partial charge in [-0.2, -0.15) is 0 Å². The number of anilines is 1. The molecule has 0 saturated heterocycles. The van der Waals surface area contributed by atoms with Crippen LogP contribution < -0.4 is 4.90 Å². The van der Waals surface area contributed by atoms with Crippen molar-refractivity contribution in [2.45, 2.75) is 73.3 Å². The molecule has 0 aliphatic rings. The molecule has 0 radical (unpaired) electrons. The number of carbonyl (C=O) groups excluding carboxylic acids is 1. The van der Waals surface area contributed by atoms with Crippen LogP contribution in [0.1, 0.15) is 65.9 Å². The van der Waals surface area contributed by atoms with Gasteiger partial charge >= 0.3 is 0 Å². The summed E-state index contributed by atoms with van der Waals surface area (Å²) in [5.74, 6) is 0.688. The molecule has 1 aromatic rings. The molecule has 0 spiro atoms. The molecule has 0 heterocycles. The molecule has 0 aromatic heterocycles. The van der Waals surface area contributed by atoms with E-state index in [1.54, 1.807) is 0 Å². The third-order valence-corrected chi connectivity index (χ3v) is 4.52. The van der Waals surface area contributed by atoms with Crippen LogP contribution in [0.5, 0.6) is 0 Å². The standard InChI is InChI=1S/C20H33NO/c1-7-10-18(11-8-2)21(20(22)17(6)15(3)4)19-13-9-12-16(5)14-19/h9,12-15,17-18H,7-8,10-11H2,1-6H3. The van der Waals surface area contributed by atoms with E-state index in [-0.39, 0.29) is 11.8 Å². The van der Waals surface area contributed by atoms with E-state index in [0.29, 0.717) is 12.0 Å². The van der Waals surface area contributed by atoms with E-state index in [0.717, 1.165) is 31.4 Å². The lowest BCUT2D eigenvalue weighted by Crippen LogP contribution is -2.44. The second kappa shape index (κ2) is 8.97. The Kier molecular flexibility index (Phi) is 7.64. The highest BCUT2D eigenvalue weighted by molar-refractivity contribution is 5.95. The van der Waals surface area contributed by atoms with Gasteiger partial charge in [0, 0.05) is 17.6 Å². The maximum atomic E-state index is 13.1. The highest BCUT2D eigenvalue weighted by atomic mass is 16.2. The van der Waals surface area contributed by atoms with Gasteiger partial charge < -0.3 is 4.90 Å². The number of hydrogen-bond donors (Lipinski definition) is 0. The van der Waals surface area contributed by atoms with Crippen molar-refractivity contribution in [2.75, 3.05) is 4.90 Å². The lowest BCUT2D eigenvalue weighted by Gasteiger charge is -2.35. The molecule has 1 unspecified atom stereocenters. The summed E-state index contributed by atoms with van der Waals surface area (Å²) in [4.78, 5) is 15.2. The van der Waals surface area contributed by atoms with Crippen LogP contribution in [0.25, 0.3) is 0 Å². The quantitative estimate of drug-likeness (QED) is 0.613. The molecule has 0 aliphatic heterocycles. The molecule has 1 aromatic carbocycles. The fourth-order valence-corrected chi connectivity index (χ4v) is 2.87. The van der Waals surface area contributed by atoms with Gasteiger partial charge in [-0.05, 0) is 43.4 Å². The number of nitrogens with zero attached hydrogens (tertiary/aromatic N) is 1. The molecule has 0 fully saturated rings. The Balaban J connectivity index is 3.21. The SMILES string of the molecule is CCCC(CCC)N(C(=O)C(C)C(C)C)c1cccc(C)c1. The number of rotatable bonds is 8. The van der Waals surface area contributed by atoms with Gasteiger partial charge in [0.25, 0.3) is 0 Å². The Morgan fingerprint density at radius 2 is 1.68 bits per heavy atom. The second-order valence-corrected chi connectivity index (χ2v) is 6.81. The summed E-state index contributed by atoms with van der Waals surface area (Å²) in [6.07, 6.45) is 4.35. The zero-order valence-electron chi connectivity index (χ0n) is 15.2. The average molecular weight is 303 g/mol. The van der Waals surface area contributed by atoms with Gasteiger partial charge in [-0.15, -0.1) is 0 Å². The van der Waals surface area contributed by atoms with E-state index >= 15 is 0 Å². The zero-order chi connectivity index (χ0) is 16.7. The molecule has 1 atom stereocenters. The fraction of sp³-hybridized carbons (Fsp3) is 0.650. The predicted octanol–water partition coefficient (Wildman–Crippen LogP) is 5.59. The van der Waals surface area contributed by atoms with Crippen LogP contribution in [-0.4, -0.2) is 11.9 Å². The molecule has 0 saturated carbocycles. The lowest BCUT2D eigenvalue weighted by molar-refractivity contribution is -0.123. The van der Waals surface area contributed by atoms with E-state index in [9.17, 15) is 4.79 Å². The van der Waals surface area contributed by atoms with Crippen LogP contribution in [0.2, 0.25) is 0 Å². The Hall–Kier alpha value is -1.31. The average Bonchev–Trinajstić information content (AvgIpc) is 2.47. The van der Waals surface area contributed by atoms with Crippen LogP contribution in [0, 0.1) is 18.8 Å². The third kappa shape index (κ3) is 4.86. The topological polar surface area (TPSA) is 20.3 Å². The molecule has 0 bridgehead atoms. The van der Waals surface area contributed by atoms with Gasteiger partial charge in [0.2, 0.25) is 5.91 Å². The summed E-state index contributed by atoms with van der Waals surface area (Å²) in [5.41, 5.74) is 2.27. The molecule has 2 nitrogen and oxygen atoms in total. The van der Waals surface area contributed by atoms with Crippen molar-refractivity contribution in [1.29, 1.82) is 0 Å². The van der Waals surface area contributed by atoms with Gasteiger partial charge in [-0.25, -0.2) is 0 Å². The van der Waals surface area contributed by atoms with Crippen molar-refractivity contribution in [3.63, 3.8) is 0 Å². The Bertz CT molecular complexity index is 461. The first-order chi connectivity index (χ1) is 10.4. The van der Waals surface area contributed by atoms with Crippen molar-refractivity contribution >= 4 is 11.6 Å².